The molecule has 2 heterocycles. The van der Waals surface area contributed by atoms with Crippen LogP contribution in [0.4, 0.5) is 18.0 Å². The molecule has 1 unspecified atom stereocenters. The van der Waals surface area contributed by atoms with Gasteiger partial charge < -0.3 is 20.9 Å². The molecule has 6 nitrogen and oxygen atoms in total. The Morgan fingerprint density at radius 3 is 2.33 bits per heavy atom. The third-order valence-corrected chi connectivity index (χ3v) is 7.24. The number of hydrogen-bond donors (Lipinski definition) is 3. The number of allylic oxidation sites excluding steroid dienone is 1. The van der Waals surface area contributed by atoms with Crippen LogP contribution >= 0.6 is 0 Å². The summed E-state index contributed by atoms with van der Waals surface area (Å²) < 4.78 is 38.5. The van der Waals surface area contributed by atoms with E-state index in [9.17, 15) is 18.0 Å². The van der Waals surface area contributed by atoms with E-state index >= 15 is 0 Å². The van der Waals surface area contributed by atoms with Crippen LogP contribution in [0.1, 0.15) is 56.3 Å². The molecule has 2 fully saturated rings. The van der Waals surface area contributed by atoms with Crippen LogP contribution in [0.2, 0.25) is 0 Å². The van der Waals surface area contributed by atoms with E-state index in [1.165, 1.54) is 31.4 Å². The van der Waals surface area contributed by atoms with Crippen LogP contribution in [0.15, 0.2) is 35.7 Å². The minimum Gasteiger partial charge on any atom is -0.364 e. The zero-order valence-corrected chi connectivity index (χ0v) is 19.3. The van der Waals surface area contributed by atoms with Crippen molar-refractivity contribution in [3.63, 3.8) is 0 Å². The van der Waals surface area contributed by atoms with Crippen LogP contribution in [0.3, 0.4) is 0 Å². The van der Waals surface area contributed by atoms with Gasteiger partial charge in [-0.2, -0.15) is 13.2 Å². The summed E-state index contributed by atoms with van der Waals surface area (Å²) in [5, 5.41) is 9.60. The van der Waals surface area contributed by atoms with Gasteiger partial charge in [0.25, 0.3) is 0 Å². The average Bonchev–Trinajstić information content (AvgIpc) is 3.13. The highest BCUT2D eigenvalue weighted by atomic mass is 19.4. The van der Waals surface area contributed by atoms with Gasteiger partial charge in [-0.25, -0.2) is 4.79 Å². The van der Waals surface area contributed by atoms with Crippen molar-refractivity contribution in [1.82, 2.24) is 25.8 Å². The summed E-state index contributed by atoms with van der Waals surface area (Å²) in [4.78, 5) is 16.9. The molecule has 1 atom stereocenters. The normalized spacial score (nSPS) is 22.5. The smallest absolute Gasteiger partial charge is 0.364 e. The number of benzene rings is 1. The summed E-state index contributed by atoms with van der Waals surface area (Å²) in [7, 11) is 1.70. The highest BCUT2D eigenvalue weighted by molar-refractivity contribution is 5.74. The fraction of sp³-hybridized carbons (Fsp3) is 0.625. The summed E-state index contributed by atoms with van der Waals surface area (Å²) in [5.41, 5.74) is 2.21. The molecule has 0 radical (unpaired) electrons. The van der Waals surface area contributed by atoms with E-state index < -0.39 is 11.7 Å². The van der Waals surface area contributed by atoms with Gasteiger partial charge in [-0.05, 0) is 56.2 Å². The first-order valence-electron chi connectivity index (χ1n) is 11.8. The van der Waals surface area contributed by atoms with Crippen LogP contribution in [0.25, 0.3) is 0 Å². The van der Waals surface area contributed by atoms with Gasteiger partial charge in [0, 0.05) is 50.7 Å². The van der Waals surface area contributed by atoms with Crippen LogP contribution in [0, 0.1) is 5.92 Å². The zero-order valence-electron chi connectivity index (χ0n) is 19.3. The summed E-state index contributed by atoms with van der Waals surface area (Å²) in [6, 6.07) is 5.58. The minimum absolute atomic E-state index is 0.0277. The van der Waals surface area contributed by atoms with Crippen molar-refractivity contribution in [3.05, 3.63) is 46.8 Å². The number of rotatable bonds is 6. The van der Waals surface area contributed by atoms with E-state index in [1.807, 2.05) is 11.8 Å². The predicted octanol–water partition coefficient (Wildman–Crippen LogP) is 4.03. The zero-order chi connectivity index (χ0) is 23.6. The summed E-state index contributed by atoms with van der Waals surface area (Å²) in [6.45, 7) is 5.42. The van der Waals surface area contributed by atoms with Gasteiger partial charge in [-0.3, -0.25) is 4.90 Å². The molecule has 0 aromatic heterocycles. The molecule has 182 valence electrons. The number of amides is 2. The number of carbonyl (C=O) groups excluding carboxylic acids is 1. The van der Waals surface area contributed by atoms with Crippen molar-refractivity contribution in [1.29, 1.82) is 0 Å². The highest BCUT2D eigenvalue weighted by Crippen LogP contribution is 2.31. The Kier molecular flexibility index (Phi) is 7.07. The van der Waals surface area contributed by atoms with Gasteiger partial charge in [0.2, 0.25) is 0 Å². The Morgan fingerprint density at radius 2 is 1.79 bits per heavy atom. The molecule has 1 saturated carbocycles. The second-order valence-electron chi connectivity index (χ2n) is 9.46. The quantitative estimate of drug-likeness (QED) is 0.594. The molecular formula is C24H34F3N5O. The SMILES string of the molecule is CNC(=O)N(CC1CCC1)C1CCN(CC2=C(C)NC(c3ccc(C(F)(F)F)cc3)N2)CC1. The number of likely N-dealkylation sites (tertiary alicyclic amines) is 1. The fourth-order valence-corrected chi connectivity index (χ4v) is 4.93. The van der Waals surface area contributed by atoms with Gasteiger partial charge in [-0.15, -0.1) is 0 Å². The number of hydrogen-bond acceptors (Lipinski definition) is 4. The minimum atomic E-state index is -4.33. The van der Waals surface area contributed by atoms with Crippen molar-refractivity contribution < 1.29 is 18.0 Å². The molecule has 4 rings (SSSR count). The van der Waals surface area contributed by atoms with Gasteiger partial charge in [0.05, 0.1) is 5.56 Å². The molecule has 2 amide bonds. The second kappa shape index (κ2) is 9.83. The van der Waals surface area contributed by atoms with E-state index in [0.29, 0.717) is 5.92 Å². The lowest BCUT2D eigenvalue weighted by Crippen LogP contribution is -2.52. The first-order chi connectivity index (χ1) is 15.7. The van der Waals surface area contributed by atoms with Gasteiger partial charge in [-0.1, -0.05) is 18.6 Å². The first-order valence-corrected chi connectivity index (χ1v) is 11.8. The second-order valence-corrected chi connectivity index (χ2v) is 9.46. The topological polar surface area (TPSA) is 59.6 Å². The number of nitrogens with one attached hydrogen (secondary N) is 3. The molecule has 0 bridgehead atoms. The summed E-state index contributed by atoms with van der Waals surface area (Å²) >= 11 is 0. The van der Waals surface area contributed by atoms with Crippen molar-refractivity contribution in [3.8, 4) is 0 Å². The number of halogens is 3. The van der Waals surface area contributed by atoms with E-state index in [1.54, 1.807) is 7.05 Å². The highest BCUT2D eigenvalue weighted by Gasteiger charge is 2.33. The van der Waals surface area contributed by atoms with Crippen LogP contribution in [-0.2, 0) is 6.18 Å². The summed E-state index contributed by atoms with van der Waals surface area (Å²) in [5.74, 6) is 0.643. The largest absolute Gasteiger partial charge is 0.416 e. The summed E-state index contributed by atoms with van der Waals surface area (Å²) in [6.07, 6.45) is 1.05. The third-order valence-electron chi connectivity index (χ3n) is 7.24. The average molecular weight is 466 g/mol. The Morgan fingerprint density at radius 1 is 1.12 bits per heavy atom. The van der Waals surface area contributed by atoms with Crippen molar-refractivity contribution in [2.24, 2.45) is 5.92 Å². The van der Waals surface area contributed by atoms with Crippen LogP contribution in [0.5, 0.6) is 0 Å². The predicted molar refractivity (Wildman–Crippen MR) is 121 cm³/mol. The van der Waals surface area contributed by atoms with Gasteiger partial charge in [0.15, 0.2) is 0 Å². The van der Waals surface area contributed by atoms with Crippen molar-refractivity contribution in [2.45, 2.75) is 57.4 Å². The van der Waals surface area contributed by atoms with Gasteiger partial charge in [0.1, 0.15) is 6.17 Å². The van der Waals surface area contributed by atoms with Crippen LogP contribution < -0.4 is 16.0 Å². The van der Waals surface area contributed by atoms with E-state index in [4.69, 9.17) is 0 Å². The molecule has 33 heavy (non-hydrogen) atoms. The molecule has 9 heteroatoms. The van der Waals surface area contributed by atoms with Crippen LogP contribution in [-0.4, -0.2) is 55.1 Å². The molecule has 1 saturated heterocycles. The lowest BCUT2D eigenvalue weighted by molar-refractivity contribution is -0.137. The molecule has 3 aliphatic rings. The monoisotopic (exact) mass is 465 g/mol. The van der Waals surface area contributed by atoms with E-state index in [0.717, 1.165) is 68.1 Å². The molecule has 1 aromatic rings. The Labute approximate surface area is 193 Å². The number of nitrogens with zero attached hydrogens (tertiary/aromatic N) is 2. The van der Waals surface area contributed by atoms with E-state index in [2.05, 4.69) is 20.9 Å². The maximum absolute atomic E-state index is 12.8. The number of piperidine rings is 1. The Bertz CT molecular complexity index is 858. The molecule has 3 N–H and O–H groups in total. The van der Waals surface area contributed by atoms with Crippen molar-refractivity contribution >= 4 is 6.03 Å². The molecular weight excluding hydrogens is 431 g/mol. The molecule has 1 aliphatic carbocycles. The maximum atomic E-state index is 12.8. The Balaban J connectivity index is 1.29. The molecule has 1 aromatic carbocycles. The fourth-order valence-electron chi connectivity index (χ4n) is 4.93. The lowest BCUT2D eigenvalue weighted by atomic mass is 9.84. The molecule has 2 aliphatic heterocycles. The number of alkyl halides is 3. The lowest BCUT2D eigenvalue weighted by Gasteiger charge is -2.41. The third kappa shape index (κ3) is 5.57. The standard InChI is InChI=1S/C24H34F3N5O/c1-16-21(30-22(29-16)18-6-8-19(9-7-18)24(25,26)27)15-31-12-10-20(11-13-31)32(23(33)28-2)14-17-4-3-5-17/h6-9,17,20,22,29-30H,3-5,10-15H2,1-2H3,(H,28,33). The maximum Gasteiger partial charge on any atom is 0.416 e. The first kappa shape index (κ1) is 23.7. The van der Waals surface area contributed by atoms with E-state index in [-0.39, 0.29) is 18.2 Å². The van der Waals surface area contributed by atoms with Gasteiger partial charge >= 0.3 is 12.2 Å². The molecule has 0 spiro atoms. The Hall–Kier alpha value is -2.42. The number of carbonyl (C=O) groups is 1. The number of urea groups is 1. The van der Waals surface area contributed by atoms with Crippen molar-refractivity contribution in [2.75, 3.05) is 33.2 Å².